The molecule has 88 valence electrons. The molecular formula is C14H17N3. The number of hydrogen-bond acceptors (Lipinski definition) is 2. The lowest BCUT2D eigenvalue weighted by Crippen LogP contribution is -2.07. The Bertz CT molecular complexity index is 573. The van der Waals surface area contributed by atoms with Crippen LogP contribution in [-0.2, 0) is 13.0 Å². The smallest absolute Gasteiger partial charge is 0.0725 e. The zero-order chi connectivity index (χ0) is 12.4. The SMILES string of the molecule is Cc1cc(CC#N)c2c(cnn2CC(C)C)c1. The van der Waals surface area contributed by atoms with Gasteiger partial charge >= 0.3 is 0 Å². The van der Waals surface area contributed by atoms with E-state index in [1.54, 1.807) is 0 Å². The molecule has 1 aromatic carbocycles. The maximum atomic E-state index is 8.90. The van der Waals surface area contributed by atoms with Crippen molar-refractivity contribution in [3.8, 4) is 6.07 Å². The molecule has 0 saturated carbocycles. The molecule has 2 rings (SSSR count). The van der Waals surface area contributed by atoms with Crippen molar-refractivity contribution in [1.82, 2.24) is 9.78 Å². The summed E-state index contributed by atoms with van der Waals surface area (Å²) in [7, 11) is 0. The Morgan fingerprint density at radius 1 is 1.41 bits per heavy atom. The number of fused-ring (bicyclic) bond motifs is 1. The van der Waals surface area contributed by atoms with Gasteiger partial charge in [-0.1, -0.05) is 25.5 Å². The van der Waals surface area contributed by atoms with Crippen LogP contribution in [0.1, 0.15) is 25.0 Å². The van der Waals surface area contributed by atoms with Crippen LogP contribution in [-0.4, -0.2) is 9.78 Å². The molecule has 1 aromatic heterocycles. The number of nitrogens with zero attached hydrogens (tertiary/aromatic N) is 3. The lowest BCUT2D eigenvalue weighted by molar-refractivity contribution is 0.494. The van der Waals surface area contributed by atoms with Crippen LogP contribution in [0.5, 0.6) is 0 Å². The molecular weight excluding hydrogens is 210 g/mol. The van der Waals surface area contributed by atoms with Gasteiger partial charge in [0.05, 0.1) is 24.2 Å². The molecule has 0 atom stereocenters. The standard InChI is InChI=1S/C14H17N3/c1-10(2)9-17-14-12(4-5-15)6-11(3)7-13(14)8-16-17/h6-8,10H,4,9H2,1-3H3. The highest BCUT2D eigenvalue weighted by atomic mass is 15.3. The van der Waals surface area contributed by atoms with E-state index in [0.29, 0.717) is 12.3 Å². The molecule has 2 aromatic rings. The van der Waals surface area contributed by atoms with Crippen molar-refractivity contribution >= 4 is 10.9 Å². The molecule has 0 aliphatic rings. The van der Waals surface area contributed by atoms with Crippen molar-refractivity contribution in [2.24, 2.45) is 5.92 Å². The average molecular weight is 227 g/mol. The van der Waals surface area contributed by atoms with Crippen LogP contribution in [0.4, 0.5) is 0 Å². The first-order valence-electron chi connectivity index (χ1n) is 5.94. The molecule has 0 spiro atoms. The average Bonchev–Trinajstić information content (AvgIpc) is 2.60. The van der Waals surface area contributed by atoms with E-state index < -0.39 is 0 Å². The van der Waals surface area contributed by atoms with E-state index in [4.69, 9.17) is 5.26 Å². The van der Waals surface area contributed by atoms with Crippen LogP contribution in [0.3, 0.4) is 0 Å². The predicted molar refractivity (Wildman–Crippen MR) is 68.6 cm³/mol. The van der Waals surface area contributed by atoms with Gasteiger partial charge < -0.3 is 0 Å². The highest BCUT2D eigenvalue weighted by molar-refractivity contribution is 5.83. The minimum Gasteiger partial charge on any atom is -0.264 e. The Morgan fingerprint density at radius 2 is 2.18 bits per heavy atom. The van der Waals surface area contributed by atoms with Crippen molar-refractivity contribution < 1.29 is 0 Å². The molecule has 0 fully saturated rings. The van der Waals surface area contributed by atoms with Gasteiger partial charge in [-0.25, -0.2) is 0 Å². The fraction of sp³-hybridized carbons (Fsp3) is 0.429. The monoisotopic (exact) mass is 227 g/mol. The number of aromatic nitrogens is 2. The third-order valence-corrected chi connectivity index (χ3v) is 2.76. The second-order valence-corrected chi connectivity index (χ2v) is 4.92. The van der Waals surface area contributed by atoms with E-state index in [0.717, 1.165) is 23.0 Å². The number of benzene rings is 1. The Labute approximate surface area is 102 Å². The van der Waals surface area contributed by atoms with E-state index in [1.165, 1.54) is 5.56 Å². The second kappa shape index (κ2) is 4.58. The normalized spacial score (nSPS) is 11.0. The lowest BCUT2D eigenvalue weighted by Gasteiger charge is -2.09. The maximum Gasteiger partial charge on any atom is 0.0725 e. The van der Waals surface area contributed by atoms with E-state index in [-0.39, 0.29) is 0 Å². The lowest BCUT2D eigenvalue weighted by atomic mass is 10.1. The highest BCUT2D eigenvalue weighted by Gasteiger charge is 2.10. The molecule has 0 amide bonds. The molecule has 3 nitrogen and oxygen atoms in total. The third kappa shape index (κ3) is 2.31. The summed E-state index contributed by atoms with van der Waals surface area (Å²) < 4.78 is 2.02. The predicted octanol–water partition coefficient (Wildman–Crippen LogP) is 3.07. The molecule has 0 radical (unpaired) electrons. The third-order valence-electron chi connectivity index (χ3n) is 2.76. The van der Waals surface area contributed by atoms with Crippen LogP contribution in [0.2, 0.25) is 0 Å². The van der Waals surface area contributed by atoms with E-state index >= 15 is 0 Å². The minimum atomic E-state index is 0.446. The fourth-order valence-electron chi connectivity index (χ4n) is 2.19. The zero-order valence-corrected chi connectivity index (χ0v) is 10.6. The number of aryl methyl sites for hydroxylation is 1. The van der Waals surface area contributed by atoms with Crippen molar-refractivity contribution in [2.75, 3.05) is 0 Å². The van der Waals surface area contributed by atoms with Crippen LogP contribution in [0, 0.1) is 24.2 Å². The Morgan fingerprint density at radius 3 is 2.82 bits per heavy atom. The summed E-state index contributed by atoms with van der Waals surface area (Å²) >= 11 is 0. The van der Waals surface area contributed by atoms with Gasteiger partial charge in [0.25, 0.3) is 0 Å². The summed E-state index contributed by atoms with van der Waals surface area (Å²) in [6.45, 7) is 7.29. The molecule has 17 heavy (non-hydrogen) atoms. The molecule has 0 saturated heterocycles. The van der Waals surface area contributed by atoms with Crippen LogP contribution >= 0.6 is 0 Å². The Balaban J connectivity index is 2.60. The first-order valence-corrected chi connectivity index (χ1v) is 5.94. The first-order chi connectivity index (χ1) is 8.11. The van der Waals surface area contributed by atoms with Gasteiger partial charge in [-0.3, -0.25) is 4.68 Å². The summed E-state index contributed by atoms with van der Waals surface area (Å²) in [5, 5.41) is 14.5. The largest absolute Gasteiger partial charge is 0.264 e. The summed E-state index contributed by atoms with van der Waals surface area (Å²) in [4.78, 5) is 0. The Kier molecular flexibility index (Phi) is 3.14. The van der Waals surface area contributed by atoms with E-state index in [1.807, 2.05) is 10.9 Å². The summed E-state index contributed by atoms with van der Waals surface area (Å²) in [5.74, 6) is 0.550. The van der Waals surface area contributed by atoms with Gasteiger partial charge in [0.15, 0.2) is 0 Å². The first kappa shape index (κ1) is 11.7. The van der Waals surface area contributed by atoms with Crippen molar-refractivity contribution in [1.29, 1.82) is 5.26 Å². The van der Waals surface area contributed by atoms with E-state index in [9.17, 15) is 0 Å². The highest BCUT2D eigenvalue weighted by Crippen LogP contribution is 2.22. The van der Waals surface area contributed by atoms with Gasteiger partial charge in [0, 0.05) is 11.9 Å². The molecule has 0 N–H and O–H groups in total. The van der Waals surface area contributed by atoms with Crippen molar-refractivity contribution in [3.05, 3.63) is 29.5 Å². The second-order valence-electron chi connectivity index (χ2n) is 4.92. The van der Waals surface area contributed by atoms with Crippen molar-refractivity contribution in [3.63, 3.8) is 0 Å². The van der Waals surface area contributed by atoms with Gasteiger partial charge in [0.2, 0.25) is 0 Å². The topological polar surface area (TPSA) is 41.6 Å². The quantitative estimate of drug-likeness (QED) is 0.808. The number of nitriles is 1. The van der Waals surface area contributed by atoms with Crippen LogP contribution in [0.25, 0.3) is 10.9 Å². The zero-order valence-electron chi connectivity index (χ0n) is 10.6. The molecule has 3 heteroatoms. The van der Waals surface area contributed by atoms with Crippen LogP contribution < -0.4 is 0 Å². The molecule has 0 aliphatic heterocycles. The van der Waals surface area contributed by atoms with Gasteiger partial charge in [-0.2, -0.15) is 10.4 Å². The van der Waals surface area contributed by atoms with Gasteiger partial charge in [0.1, 0.15) is 0 Å². The number of rotatable bonds is 3. The van der Waals surface area contributed by atoms with Gasteiger partial charge in [-0.05, 0) is 24.5 Å². The molecule has 1 heterocycles. The summed E-state index contributed by atoms with van der Waals surface area (Å²) in [6, 6.07) is 6.44. The van der Waals surface area contributed by atoms with Crippen LogP contribution in [0.15, 0.2) is 18.3 Å². The fourth-order valence-corrected chi connectivity index (χ4v) is 2.19. The van der Waals surface area contributed by atoms with Crippen molar-refractivity contribution in [2.45, 2.75) is 33.7 Å². The summed E-state index contributed by atoms with van der Waals surface area (Å²) in [5.41, 5.74) is 3.39. The maximum absolute atomic E-state index is 8.90. The molecule has 0 bridgehead atoms. The number of hydrogen-bond donors (Lipinski definition) is 0. The Hall–Kier alpha value is -1.82. The van der Waals surface area contributed by atoms with Gasteiger partial charge in [-0.15, -0.1) is 0 Å². The minimum absolute atomic E-state index is 0.446. The molecule has 0 unspecified atom stereocenters. The molecule has 0 aliphatic carbocycles. The van der Waals surface area contributed by atoms with E-state index in [2.05, 4.69) is 44.1 Å². The summed E-state index contributed by atoms with van der Waals surface area (Å²) in [6.07, 6.45) is 2.34.